The molecule has 12 heteroatoms. The summed E-state index contributed by atoms with van der Waals surface area (Å²) in [7, 11) is 0. The first-order chi connectivity index (χ1) is 19.7. The van der Waals surface area contributed by atoms with Crippen molar-refractivity contribution in [3.05, 3.63) is 84.7 Å². The quantitative estimate of drug-likeness (QED) is 0.359. The number of piperidine rings is 1. The van der Waals surface area contributed by atoms with Gasteiger partial charge in [-0.2, -0.15) is 0 Å². The summed E-state index contributed by atoms with van der Waals surface area (Å²) in [6.07, 6.45) is -2.40. The lowest BCUT2D eigenvalue weighted by Crippen LogP contribution is -2.57. The van der Waals surface area contributed by atoms with E-state index in [1.807, 2.05) is 30.3 Å². The molecule has 2 N–H and O–H groups in total. The molecule has 210 valence electrons. The Balaban J connectivity index is 1.16. The van der Waals surface area contributed by atoms with Crippen LogP contribution in [0.25, 0.3) is 10.9 Å². The first-order valence-corrected chi connectivity index (χ1v) is 13.0. The number of carbonyl (C=O) groups is 2. The number of hydrogen-bond acceptors (Lipinski definition) is 7. The number of alkyl halides is 3. The van der Waals surface area contributed by atoms with Gasteiger partial charge in [0.25, 0.3) is 5.91 Å². The number of nitrogens with zero attached hydrogens (tertiary/aromatic N) is 4. The smallest absolute Gasteiger partial charge is 0.406 e. The van der Waals surface area contributed by atoms with Gasteiger partial charge in [-0.15, -0.1) is 13.2 Å². The Bertz CT molecular complexity index is 1590. The summed E-state index contributed by atoms with van der Waals surface area (Å²) in [5.74, 6) is -0.0615. The molecule has 2 fully saturated rings. The Morgan fingerprint density at radius 2 is 1.71 bits per heavy atom. The fourth-order valence-corrected chi connectivity index (χ4v) is 5.46. The molecule has 0 saturated carbocycles. The average Bonchev–Trinajstić information content (AvgIpc) is 3.28. The normalized spacial score (nSPS) is 16.6. The van der Waals surface area contributed by atoms with Crippen LogP contribution in [0.5, 0.6) is 5.75 Å². The molecule has 4 aromatic rings. The second-order valence-electron chi connectivity index (χ2n) is 9.90. The molecule has 0 radical (unpaired) electrons. The van der Waals surface area contributed by atoms with Crippen molar-refractivity contribution in [1.82, 2.24) is 20.2 Å². The van der Waals surface area contributed by atoms with Crippen molar-refractivity contribution in [1.29, 1.82) is 0 Å². The van der Waals surface area contributed by atoms with Crippen LogP contribution in [0, 0.1) is 0 Å². The molecule has 0 bridgehead atoms. The Hall–Kier alpha value is -4.87. The molecule has 1 aromatic heterocycles. The van der Waals surface area contributed by atoms with Crippen LogP contribution in [0.3, 0.4) is 0 Å². The topological polar surface area (TPSA) is 99.7 Å². The van der Waals surface area contributed by atoms with Gasteiger partial charge in [-0.1, -0.05) is 18.2 Å². The van der Waals surface area contributed by atoms with Crippen LogP contribution in [-0.4, -0.2) is 58.3 Å². The van der Waals surface area contributed by atoms with Crippen LogP contribution in [0.2, 0.25) is 0 Å². The average molecular weight is 563 g/mol. The Morgan fingerprint density at radius 1 is 0.976 bits per heavy atom. The third-order valence-corrected chi connectivity index (χ3v) is 7.52. The van der Waals surface area contributed by atoms with E-state index in [1.165, 1.54) is 30.6 Å². The fourth-order valence-electron chi connectivity index (χ4n) is 5.46. The second-order valence-corrected chi connectivity index (χ2v) is 9.90. The zero-order chi connectivity index (χ0) is 28.6. The first kappa shape index (κ1) is 26.4. The number of benzene rings is 3. The van der Waals surface area contributed by atoms with Crippen LogP contribution < -0.4 is 20.3 Å². The Morgan fingerprint density at radius 3 is 2.41 bits per heavy atom. The summed E-state index contributed by atoms with van der Waals surface area (Å²) in [4.78, 5) is 38.8. The zero-order valence-corrected chi connectivity index (χ0v) is 21.7. The molecule has 2 aliphatic rings. The van der Waals surface area contributed by atoms with Gasteiger partial charge in [0.2, 0.25) is 5.91 Å². The zero-order valence-electron chi connectivity index (χ0n) is 21.7. The SMILES string of the molecule is O=C(c1ccc2c(Nc3ccc(OC(F)(F)F)cc3)ncnc2c1)N1CCC2(CC1)C(=O)NCN2c1ccccc1. The predicted molar refractivity (Wildman–Crippen MR) is 146 cm³/mol. The second kappa shape index (κ2) is 10.3. The van der Waals surface area contributed by atoms with Crippen LogP contribution in [0.1, 0.15) is 23.2 Å². The van der Waals surface area contributed by atoms with Gasteiger partial charge in [0.05, 0.1) is 12.2 Å². The lowest BCUT2D eigenvalue weighted by molar-refractivity contribution is -0.274. The van der Waals surface area contributed by atoms with E-state index in [-0.39, 0.29) is 17.6 Å². The number of nitrogens with one attached hydrogen (secondary N) is 2. The molecular formula is C29H25F3N6O3. The number of hydrogen-bond donors (Lipinski definition) is 2. The van der Waals surface area contributed by atoms with Crippen molar-refractivity contribution >= 4 is 39.9 Å². The number of halogens is 3. The minimum atomic E-state index is -4.77. The number of rotatable bonds is 5. The Labute approximate surface area is 232 Å². The molecule has 6 rings (SSSR count). The lowest BCUT2D eigenvalue weighted by Gasteiger charge is -2.43. The molecular weight excluding hydrogens is 537 g/mol. The maximum Gasteiger partial charge on any atom is 0.573 e. The van der Waals surface area contributed by atoms with Crippen molar-refractivity contribution in [2.24, 2.45) is 0 Å². The van der Waals surface area contributed by atoms with Gasteiger partial charge in [0.1, 0.15) is 23.4 Å². The van der Waals surface area contributed by atoms with E-state index < -0.39 is 11.9 Å². The van der Waals surface area contributed by atoms with Crippen LogP contribution in [0.15, 0.2) is 79.1 Å². The first-order valence-electron chi connectivity index (χ1n) is 13.0. The predicted octanol–water partition coefficient (Wildman–Crippen LogP) is 4.84. The molecule has 3 heterocycles. The summed E-state index contributed by atoms with van der Waals surface area (Å²) in [6.45, 7) is 1.29. The number of anilines is 3. The van der Waals surface area contributed by atoms with E-state index in [9.17, 15) is 22.8 Å². The molecule has 0 aliphatic carbocycles. The third kappa shape index (κ3) is 5.20. The van der Waals surface area contributed by atoms with E-state index in [1.54, 1.807) is 23.1 Å². The van der Waals surface area contributed by atoms with Crippen molar-refractivity contribution < 1.29 is 27.5 Å². The van der Waals surface area contributed by atoms with Crippen molar-refractivity contribution in [2.75, 3.05) is 30.0 Å². The molecule has 2 aliphatic heterocycles. The highest BCUT2D eigenvalue weighted by Gasteiger charge is 2.50. The van der Waals surface area contributed by atoms with E-state index in [4.69, 9.17) is 0 Å². The highest BCUT2D eigenvalue weighted by atomic mass is 19.4. The van der Waals surface area contributed by atoms with Crippen molar-refractivity contribution in [2.45, 2.75) is 24.7 Å². The number of aromatic nitrogens is 2. The molecule has 1 spiro atoms. The summed E-state index contributed by atoms with van der Waals surface area (Å²) in [6, 6.07) is 20.2. The maximum atomic E-state index is 13.4. The molecule has 2 saturated heterocycles. The number of fused-ring (bicyclic) bond motifs is 1. The van der Waals surface area contributed by atoms with Crippen LogP contribution >= 0.6 is 0 Å². The summed E-state index contributed by atoms with van der Waals surface area (Å²) in [5.41, 5.74) is 1.77. The minimum absolute atomic E-state index is 0.0154. The lowest BCUT2D eigenvalue weighted by atomic mass is 9.85. The molecule has 2 amide bonds. The van der Waals surface area contributed by atoms with Crippen LogP contribution in [0.4, 0.5) is 30.4 Å². The standard InChI is InChI=1S/C29H25F3N6O3/c30-29(31,32)41-22-9-7-20(8-10-22)36-25-23-11-6-19(16-24(23)33-17-34-25)26(39)37-14-12-28(13-15-37)27(40)35-18-38(28)21-4-2-1-3-5-21/h1-11,16-17H,12-15,18H2,(H,35,40)(H,33,34,36). The number of para-hydroxylation sites is 1. The van der Waals surface area contributed by atoms with Gasteiger partial charge in [0, 0.05) is 35.4 Å². The maximum absolute atomic E-state index is 13.4. The minimum Gasteiger partial charge on any atom is -0.406 e. The number of amides is 2. The number of likely N-dealkylation sites (tertiary alicyclic amines) is 1. The summed E-state index contributed by atoms with van der Waals surface area (Å²) < 4.78 is 41.2. The Kier molecular flexibility index (Phi) is 6.60. The van der Waals surface area contributed by atoms with E-state index >= 15 is 0 Å². The molecule has 41 heavy (non-hydrogen) atoms. The van der Waals surface area contributed by atoms with Crippen molar-refractivity contribution in [3.63, 3.8) is 0 Å². The van der Waals surface area contributed by atoms with E-state index in [2.05, 4.69) is 30.2 Å². The number of ether oxygens (including phenoxy) is 1. The van der Waals surface area contributed by atoms with E-state index in [0.29, 0.717) is 60.6 Å². The molecule has 0 unspecified atom stereocenters. The highest BCUT2D eigenvalue weighted by Crippen LogP contribution is 2.36. The highest BCUT2D eigenvalue weighted by molar-refractivity contribution is 6.00. The third-order valence-electron chi connectivity index (χ3n) is 7.52. The van der Waals surface area contributed by atoms with Gasteiger partial charge in [-0.25, -0.2) is 9.97 Å². The van der Waals surface area contributed by atoms with Crippen LogP contribution in [-0.2, 0) is 4.79 Å². The summed E-state index contributed by atoms with van der Waals surface area (Å²) in [5, 5.41) is 6.68. The molecule has 0 atom stereocenters. The van der Waals surface area contributed by atoms with Gasteiger partial charge in [-0.05, 0) is 67.4 Å². The largest absolute Gasteiger partial charge is 0.573 e. The van der Waals surface area contributed by atoms with Crippen molar-refractivity contribution in [3.8, 4) is 5.75 Å². The molecule has 3 aromatic carbocycles. The molecule has 9 nitrogen and oxygen atoms in total. The van der Waals surface area contributed by atoms with E-state index in [0.717, 1.165) is 5.69 Å². The summed E-state index contributed by atoms with van der Waals surface area (Å²) >= 11 is 0. The van der Waals surface area contributed by atoms with Gasteiger partial charge in [-0.3, -0.25) is 9.59 Å². The monoisotopic (exact) mass is 562 g/mol. The fraction of sp³-hybridized carbons (Fsp3) is 0.241. The van der Waals surface area contributed by atoms with Gasteiger partial charge < -0.3 is 25.2 Å². The van der Waals surface area contributed by atoms with Gasteiger partial charge in [0.15, 0.2) is 0 Å². The number of carbonyl (C=O) groups excluding carboxylic acids is 2. The van der Waals surface area contributed by atoms with Gasteiger partial charge >= 0.3 is 6.36 Å².